The molecule has 1 heterocycles. The molecule has 1 saturated heterocycles. The first kappa shape index (κ1) is 14.0. The smallest absolute Gasteiger partial charge is 0.123 e. The number of nitrogens with zero attached hydrogens (tertiary/aromatic N) is 1. The van der Waals surface area contributed by atoms with Crippen molar-refractivity contribution in [3.8, 4) is 0 Å². The van der Waals surface area contributed by atoms with Crippen LogP contribution < -0.4 is 5.73 Å². The van der Waals surface area contributed by atoms with Gasteiger partial charge < -0.3 is 5.73 Å². The van der Waals surface area contributed by atoms with Crippen LogP contribution in [0.25, 0.3) is 0 Å². The van der Waals surface area contributed by atoms with Crippen molar-refractivity contribution in [1.82, 2.24) is 4.90 Å². The molecule has 3 rings (SSSR count). The average Bonchev–Trinajstić information content (AvgIpc) is 2.47. The molecule has 1 aromatic rings. The summed E-state index contributed by atoms with van der Waals surface area (Å²) in [6.07, 6.45) is 5.70. The van der Waals surface area contributed by atoms with Gasteiger partial charge in [0.25, 0.3) is 0 Å². The highest BCUT2D eigenvalue weighted by Crippen LogP contribution is 2.41. The molecule has 2 nitrogen and oxygen atoms in total. The Labute approximate surface area is 121 Å². The summed E-state index contributed by atoms with van der Waals surface area (Å²) < 4.78 is 13.5. The summed E-state index contributed by atoms with van der Waals surface area (Å²) in [6.45, 7) is 5.21. The second-order valence-electron chi connectivity index (χ2n) is 6.56. The minimum Gasteiger partial charge on any atom is -0.328 e. The maximum Gasteiger partial charge on any atom is 0.123 e. The molecular formula is C17H25FN2. The zero-order chi connectivity index (χ0) is 14.2. The van der Waals surface area contributed by atoms with E-state index in [1.807, 2.05) is 6.07 Å². The first-order valence-electron chi connectivity index (χ1n) is 7.90. The molecule has 1 aliphatic heterocycles. The molecule has 2 aliphatic rings. The van der Waals surface area contributed by atoms with E-state index in [9.17, 15) is 4.39 Å². The molecule has 0 amide bonds. The summed E-state index contributed by atoms with van der Waals surface area (Å²) in [6, 6.07) is 5.29. The maximum atomic E-state index is 13.5. The molecular weight excluding hydrogens is 251 g/mol. The van der Waals surface area contributed by atoms with E-state index in [2.05, 4.69) is 11.8 Å². The van der Waals surface area contributed by atoms with Crippen LogP contribution in [0.3, 0.4) is 0 Å². The minimum atomic E-state index is -0.121. The van der Waals surface area contributed by atoms with Gasteiger partial charge in [0.2, 0.25) is 0 Å². The molecule has 20 heavy (non-hydrogen) atoms. The highest BCUT2D eigenvalue weighted by Gasteiger charge is 2.41. The third-order valence-electron chi connectivity index (χ3n) is 5.33. The second-order valence-corrected chi connectivity index (χ2v) is 6.56. The largest absolute Gasteiger partial charge is 0.328 e. The van der Waals surface area contributed by atoms with Crippen LogP contribution in [0.2, 0.25) is 0 Å². The van der Waals surface area contributed by atoms with E-state index in [0.717, 1.165) is 38.3 Å². The van der Waals surface area contributed by atoms with Crippen molar-refractivity contribution in [3.63, 3.8) is 0 Å². The van der Waals surface area contributed by atoms with Crippen LogP contribution in [0, 0.1) is 11.7 Å². The van der Waals surface area contributed by atoms with Crippen molar-refractivity contribution < 1.29 is 4.39 Å². The topological polar surface area (TPSA) is 29.3 Å². The van der Waals surface area contributed by atoms with E-state index >= 15 is 0 Å². The molecule has 0 aromatic heterocycles. The quantitative estimate of drug-likeness (QED) is 0.899. The molecule has 0 bridgehead atoms. The van der Waals surface area contributed by atoms with E-state index in [-0.39, 0.29) is 11.4 Å². The lowest BCUT2D eigenvalue weighted by atomic mass is 9.74. The Hall–Kier alpha value is -0.930. The number of rotatable bonds is 2. The second kappa shape index (κ2) is 5.45. The van der Waals surface area contributed by atoms with E-state index < -0.39 is 0 Å². The predicted molar refractivity (Wildman–Crippen MR) is 80.0 cm³/mol. The molecule has 0 spiro atoms. The lowest BCUT2D eigenvalue weighted by molar-refractivity contribution is 0.0413. The number of nitrogens with two attached hydrogens (primary N) is 1. The number of likely N-dealkylation sites (tertiary alicyclic amines) is 1. The maximum absolute atomic E-state index is 13.5. The van der Waals surface area contributed by atoms with Gasteiger partial charge in [-0.25, -0.2) is 4.39 Å². The van der Waals surface area contributed by atoms with Gasteiger partial charge in [0.15, 0.2) is 0 Å². The predicted octanol–water partition coefficient (Wildman–Crippen LogP) is 3.05. The number of fused-ring (bicyclic) bond motifs is 1. The van der Waals surface area contributed by atoms with Crippen molar-refractivity contribution in [2.45, 2.75) is 44.6 Å². The molecule has 1 aromatic carbocycles. The van der Waals surface area contributed by atoms with E-state index in [4.69, 9.17) is 5.73 Å². The fourth-order valence-electron chi connectivity index (χ4n) is 4.04. The van der Waals surface area contributed by atoms with Crippen LogP contribution in [0.5, 0.6) is 0 Å². The molecule has 0 saturated carbocycles. The molecule has 1 aliphatic carbocycles. The minimum absolute atomic E-state index is 0.0541. The van der Waals surface area contributed by atoms with Gasteiger partial charge in [0.05, 0.1) is 5.54 Å². The SMILES string of the molecule is CC1CCN(C2(CN)CCCc3cc(F)ccc32)CC1. The summed E-state index contributed by atoms with van der Waals surface area (Å²) in [5, 5.41) is 0. The van der Waals surface area contributed by atoms with Gasteiger partial charge in [-0.3, -0.25) is 4.90 Å². The number of piperidine rings is 1. The van der Waals surface area contributed by atoms with Gasteiger partial charge >= 0.3 is 0 Å². The van der Waals surface area contributed by atoms with E-state index in [1.54, 1.807) is 12.1 Å². The van der Waals surface area contributed by atoms with Gasteiger partial charge in [0, 0.05) is 6.54 Å². The van der Waals surface area contributed by atoms with Crippen LogP contribution in [0.15, 0.2) is 18.2 Å². The summed E-state index contributed by atoms with van der Waals surface area (Å²) >= 11 is 0. The first-order chi connectivity index (χ1) is 9.65. The fraction of sp³-hybridized carbons (Fsp3) is 0.647. The monoisotopic (exact) mass is 276 g/mol. The molecule has 3 heteroatoms. The summed E-state index contributed by atoms with van der Waals surface area (Å²) in [5.41, 5.74) is 8.61. The molecule has 2 N–H and O–H groups in total. The summed E-state index contributed by atoms with van der Waals surface area (Å²) in [5.74, 6) is 0.696. The normalized spacial score (nSPS) is 28.4. The van der Waals surface area contributed by atoms with Crippen molar-refractivity contribution in [3.05, 3.63) is 35.1 Å². The Morgan fingerprint density at radius 1 is 1.35 bits per heavy atom. The first-order valence-corrected chi connectivity index (χ1v) is 7.90. The van der Waals surface area contributed by atoms with Crippen LogP contribution in [0.4, 0.5) is 4.39 Å². The van der Waals surface area contributed by atoms with E-state index in [0.29, 0.717) is 6.54 Å². The van der Waals surface area contributed by atoms with Crippen molar-refractivity contribution in [1.29, 1.82) is 0 Å². The van der Waals surface area contributed by atoms with Crippen LogP contribution in [-0.2, 0) is 12.0 Å². The Balaban J connectivity index is 1.97. The number of aryl methyl sites for hydroxylation is 1. The molecule has 1 atom stereocenters. The van der Waals surface area contributed by atoms with Gasteiger partial charge in [-0.15, -0.1) is 0 Å². The van der Waals surface area contributed by atoms with Crippen LogP contribution in [-0.4, -0.2) is 24.5 Å². The van der Waals surface area contributed by atoms with Gasteiger partial charge in [0.1, 0.15) is 5.82 Å². The Morgan fingerprint density at radius 2 is 2.10 bits per heavy atom. The van der Waals surface area contributed by atoms with Gasteiger partial charge in [-0.2, -0.15) is 0 Å². The summed E-state index contributed by atoms with van der Waals surface area (Å²) in [7, 11) is 0. The average molecular weight is 276 g/mol. The molecule has 1 unspecified atom stereocenters. The lowest BCUT2D eigenvalue weighted by Gasteiger charge is -2.49. The number of benzene rings is 1. The third-order valence-corrected chi connectivity index (χ3v) is 5.33. The molecule has 1 fully saturated rings. The van der Waals surface area contributed by atoms with Crippen LogP contribution in [0.1, 0.15) is 43.7 Å². The Kier molecular flexibility index (Phi) is 3.83. The summed E-state index contributed by atoms with van der Waals surface area (Å²) in [4.78, 5) is 2.57. The number of hydrogen-bond donors (Lipinski definition) is 1. The zero-order valence-corrected chi connectivity index (χ0v) is 12.4. The van der Waals surface area contributed by atoms with E-state index in [1.165, 1.54) is 24.0 Å². The lowest BCUT2D eigenvalue weighted by Crippen LogP contribution is -2.55. The third kappa shape index (κ3) is 2.27. The number of halogens is 1. The molecule has 110 valence electrons. The van der Waals surface area contributed by atoms with Gasteiger partial charge in [-0.1, -0.05) is 13.0 Å². The highest BCUT2D eigenvalue weighted by atomic mass is 19.1. The fourth-order valence-corrected chi connectivity index (χ4v) is 4.04. The zero-order valence-electron chi connectivity index (χ0n) is 12.4. The Bertz CT molecular complexity index is 480. The molecule has 0 radical (unpaired) electrons. The number of hydrogen-bond acceptors (Lipinski definition) is 2. The standard InChI is InChI=1S/C17H25FN2/c1-13-6-9-20(10-7-13)17(12-19)8-2-3-14-11-15(18)4-5-16(14)17/h4-5,11,13H,2-3,6-10,12,19H2,1H3. The van der Waals surface area contributed by atoms with Crippen molar-refractivity contribution in [2.24, 2.45) is 11.7 Å². The van der Waals surface area contributed by atoms with Gasteiger partial charge in [-0.05, 0) is 74.4 Å². The van der Waals surface area contributed by atoms with Crippen molar-refractivity contribution in [2.75, 3.05) is 19.6 Å². The Morgan fingerprint density at radius 3 is 2.80 bits per heavy atom. The highest BCUT2D eigenvalue weighted by molar-refractivity contribution is 5.37. The van der Waals surface area contributed by atoms with Crippen molar-refractivity contribution >= 4 is 0 Å². The van der Waals surface area contributed by atoms with Crippen LogP contribution >= 0.6 is 0 Å².